The third kappa shape index (κ3) is 2.28. The summed E-state index contributed by atoms with van der Waals surface area (Å²) in [6.45, 7) is 8.15. The van der Waals surface area contributed by atoms with Crippen molar-refractivity contribution in [2.24, 2.45) is 0 Å². The summed E-state index contributed by atoms with van der Waals surface area (Å²) in [5.41, 5.74) is 1.22. The van der Waals surface area contributed by atoms with E-state index in [2.05, 4.69) is 33.8 Å². The van der Waals surface area contributed by atoms with E-state index in [0.717, 1.165) is 45.2 Å². The van der Waals surface area contributed by atoms with E-state index in [1.165, 1.54) is 5.56 Å². The molecule has 2 aliphatic rings. The van der Waals surface area contributed by atoms with Gasteiger partial charge in [-0.15, -0.1) is 0 Å². The van der Waals surface area contributed by atoms with Crippen molar-refractivity contribution in [1.29, 1.82) is 0 Å². The third-order valence-corrected chi connectivity index (χ3v) is 3.66. The number of hydrogen-bond acceptors (Lipinski definition) is 4. The molecular weight excluding hydrogens is 214 g/mol. The molecule has 0 unspecified atom stereocenters. The van der Waals surface area contributed by atoms with Gasteiger partial charge in [-0.3, -0.25) is 4.90 Å². The Balaban J connectivity index is 1.71. The Morgan fingerprint density at radius 3 is 3.06 bits per heavy atom. The fourth-order valence-corrected chi connectivity index (χ4v) is 2.60. The van der Waals surface area contributed by atoms with Crippen LogP contribution in [0.2, 0.25) is 0 Å². The molecule has 0 aromatic carbocycles. The smallest absolute Gasteiger partial charge is 0.128 e. The van der Waals surface area contributed by atoms with E-state index in [0.29, 0.717) is 6.04 Å². The predicted octanol–water partition coefficient (Wildman–Crippen LogP) is 0.911. The van der Waals surface area contributed by atoms with Crippen LogP contribution in [0.3, 0.4) is 0 Å². The minimum Gasteiger partial charge on any atom is -0.378 e. The van der Waals surface area contributed by atoms with Crippen molar-refractivity contribution in [2.45, 2.75) is 13.0 Å². The normalized spacial score (nSPS) is 25.7. The van der Waals surface area contributed by atoms with E-state index >= 15 is 0 Å². The fraction of sp³-hybridized carbons (Fsp3) is 0.615. The first kappa shape index (κ1) is 11.0. The third-order valence-electron chi connectivity index (χ3n) is 3.66. The zero-order valence-electron chi connectivity index (χ0n) is 10.3. The fourth-order valence-electron chi connectivity index (χ4n) is 2.60. The number of morpholine rings is 1. The molecule has 1 aromatic rings. The molecule has 1 aromatic heterocycles. The Hall–Kier alpha value is -1.13. The van der Waals surface area contributed by atoms with Gasteiger partial charge in [-0.25, -0.2) is 4.98 Å². The first-order chi connectivity index (χ1) is 8.33. The van der Waals surface area contributed by atoms with Gasteiger partial charge < -0.3 is 9.64 Å². The van der Waals surface area contributed by atoms with Crippen LogP contribution in [0.25, 0.3) is 0 Å². The van der Waals surface area contributed by atoms with Gasteiger partial charge in [0.25, 0.3) is 0 Å². The molecule has 4 heteroatoms. The second kappa shape index (κ2) is 4.63. The van der Waals surface area contributed by atoms with Gasteiger partial charge in [-0.1, -0.05) is 6.07 Å². The zero-order valence-corrected chi connectivity index (χ0v) is 10.3. The van der Waals surface area contributed by atoms with Crippen molar-refractivity contribution >= 4 is 5.82 Å². The van der Waals surface area contributed by atoms with E-state index in [1.807, 2.05) is 6.20 Å². The van der Waals surface area contributed by atoms with Crippen LogP contribution in [0.5, 0.6) is 0 Å². The first-order valence-electron chi connectivity index (χ1n) is 6.32. The van der Waals surface area contributed by atoms with Gasteiger partial charge in [-0.2, -0.15) is 0 Å². The lowest BCUT2D eigenvalue weighted by Gasteiger charge is -2.44. The van der Waals surface area contributed by atoms with Gasteiger partial charge >= 0.3 is 0 Å². The average molecular weight is 233 g/mol. The van der Waals surface area contributed by atoms with Crippen molar-refractivity contribution in [3.63, 3.8) is 0 Å². The molecule has 0 N–H and O–H groups in total. The molecule has 0 aliphatic carbocycles. The highest BCUT2D eigenvalue weighted by atomic mass is 16.5. The van der Waals surface area contributed by atoms with Gasteiger partial charge in [0, 0.05) is 32.4 Å². The van der Waals surface area contributed by atoms with Crippen molar-refractivity contribution < 1.29 is 4.74 Å². The number of pyridine rings is 1. The lowest BCUT2D eigenvalue weighted by atomic mass is 10.1. The molecule has 0 saturated carbocycles. The number of aryl methyl sites for hydroxylation is 1. The monoisotopic (exact) mass is 233 g/mol. The summed E-state index contributed by atoms with van der Waals surface area (Å²) in [5, 5.41) is 0. The summed E-state index contributed by atoms with van der Waals surface area (Å²) in [6, 6.07) is 4.79. The van der Waals surface area contributed by atoms with Crippen LogP contribution >= 0.6 is 0 Å². The highest BCUT2D eigenvalue weighted by molar-refractivity contribution is 5.40. The molecule has 0 amide bonds. The summed E-state index contributed by atoms with van der Waals surface area (Å²) in [5.74, 6) is 1.10. The number of fused-ring (bicyclic) bond motifs is 1. The number of anilines is 1. The summed E-state index contributed by atoms with van der Waals surface area (Å²) < 4.78 is 5.55. The molecule has 0 bridgehead atoms. The number of nitrogens with zero attached hydrogens (tertiary/aromatic N) is 3. The van der Waals surface area contributed by atoms with Crippen LogP contribution < -0.4 is 4.90 Å². The van der Waals surface area contributed by atoms with Crippen LogP contribution in [0.4, 0.5) is 5.82 Å². The SMILES string of the molecule is Cc1ccc(N2CCN3CCOC[C@H]3C2)nc1. The van der Waals surface area contributed by atoms with Gasteiger partial charge in [0.2, 0.25) is 0 Å². The van der Waals surface area contributed by atoms with Crippen LogP contribution in [0, 0.1) is 6.92 Å². The topological polar surface area (TPSA) is 28.6 Å². The molecule has 3 heterocycles. The number of aromatic nitrogens is 1. The lowest BCUT2D eigenvalue weighted by molar-refractivity contribution is -0.0117. The molecule has 0 spiro atoms. The maximum absolute atomic E-state index is 5.55. The van der Waals surface area contributed by atoms with E-state index in [9.17, 15) is 0 Å². The molecule has 4 nitrogen and oxygen atoms in total. The quantitative estimate of drug-likeness (QED) is 0.721. The second-order valence-corrected chi connectivity index (χ2v) is 4.90. The summed E-state index contributed by atoms with van der Waals surface area (Å²) in [4.78, 5) is 9.41. The predicted molar refractivity (Wildman–Crippen MR) is 67.4 cm³/mol. The van der Waals surface area contributed by atoms with Crippen molar-refractivity contribution in [3.8, 4) is 0 Å². The highest BCUT2D eigenvalue weighted by Crippen LogP contribution is 2.19. The number of piperazine rings is 1. The van der Waals surface area contributed by atoms with Crippen LogP contribution in [-0.2, 0) is 4.74 Å². The van der Waals surface area contributed by atoms with Crippen molar-refractivity contribution in [2.75, 3.05) is 44.3 Å². The Labute approximate surface area is 102 Å². The van der Waals surface area contributed by atoms with Gasteiger partial charge in [-0.05, 0) is 18.6 Å². The van der Waals surface area contributed by atoms with Crippen molar-refractivity contribution in [3.05, 3.63) is 23.9 Å². The largest absolute Gasteiger partial charge is 0.378 e. The Bertz CT molecular complexity index is 379. The summed E-state index contributed by atoms with van der Waals surface area (Å²) >= 11 is 0. The van der Waals surface area contributed by atoms with Crippen LogP contribution in [-0.4, -0.2) is 55.3 Å². The molecule has 92 valence electrons. The molecule has 0 radical (unpaired) electrons. The van der Waals surface area contributed by atoms with E-state index in [4.69, 9.17) is 4.74 Å². The van der Waals surface area contributed by atoms with Gasteiger partial charge in [0.15, 0.2) is 0 Å². The molecule has 1 atom stereocenters. The minimum absolute atomic E-state index is 0.542. The van der Waals surface area contributed by atoms with E-state index in [-0.39, 0.29) is 0 Å². The Kier molecular flexibility index (Phi) is 2.99. The second-order valence-electron chi connectivity index (χ2n) is 4.90. The number of hydrogen-bond donors (Lipinski definition) is 0. The maximum atomic E-state index is 5.55. The summed E-state index contributed by atoms with van der Waals surface area (Å²) in [6.07, 6.45) is 1.94. The zero-order chi connectivity index (χ0) is 11.7. The van der Waals surface area contributed by atoms with Gasteiger partial charge in [0.05, 0.1) is 19.3 Å². The summed E-state index contributed by atoms with van der Waals surface area (Å²) in [7, 11) is 0. The maximum Gasteiger partial charge on any atom is 0.128 e. The molecule has 3 rings (SSSR count). The molecule has 2 aliphatic heterocycles. The van der Waals surface area contributed by atoms with Gasteiger partial charge in [0.1, 0.15) is 5.82 Å². The van der Waals surface area contributed by atoms with E-state index in [1.54, 1.807) is 0 Å². The van der Waals surface area contributed by atoms with Crippen molar-refractivity contribution in [1.82, 2.24) is 9.88 Å². The lowest BCUT2D eigenvalue weighted by Crippen LogP contribution is -2.58. The molecule has 17 heavy (non-hydrogen) atoms. The highest BCUT2D eigenvalue weighted by Gasteiger charge is 2.29. The van der Waals surface area contributed by atoms with Crippen LogP contribution in [0.1, 0.15) is 5.56 Å². The number of rotatable bonds is 1. The standard InChI is InChI=1S/C13H19N3O/c1-11-2-3-13(14-8-11)16-5-4-15-6-7-17-10-12(15)9-16/h2-3,8,12H,4-7,9-10H2,1H3/t12-/m1/s1. The Morgan fingerprint density at radius 2 is 2.24 bits per heavy atom. The van der Waals surface area contributed by atoms with Crippen LogP contribution in [0.15, 0.2) is 18.3 Å². The number of ether oxygens (including phenoxy) is 1. The van der Waals surface area contributed by atoms with E-state index < -0.39 is 0 Å². The molecular formula is C13H19N3O. The molecule has 2 saturated heterocycles. The molecule has 2 fully saturated rings. The Morgan fingerprint density at radius 1 is 1.29 bits per heavy atom. The average Bonchev–Trinajstić information content (AvgIpc) is 2.39. The first-order valence-corrected chi connectivity index (χ1v) is 6.32. The minimum atomic E-state index is 0.542.